The van der Waals surface area contributed by atoms with Gasteiger partial charge in [0, 0.05) is 53.0 Å². The lowest BCUT2D eigenvalue weighted by Gasteiger charge is -2.26. The van der Waals surface area contributed by atoms with E-state index in [1.807, 2.05) is 37.3 Å². The molecule has 0 bridgehead atoms. The molecule has 0 saturated carbocycles. The number of anilines is 2. The van der Waals surface area contributed by atoms with Crippen molar-refractivity contribution in [3.05, 3.63) is 40.5 Å². The Morgan fingerprint density at radius 2 is 2.08 bits per heavy atom. The second-order valence-electron chi connectivity index (χ2n) is 6.87. The molecule has 1 aliphatic heterocycles. The first-order valence-electron chi connectivity index (χ1n) is 8.76. The van der Waals surface area contributed by atoms with E-state index in [1.165, 1.54) is 5.56 Å². The fourth-order valence-electron chi connectivity index (χ4n) is 3.28. The highest BCUT2D eigenvalue weighted by Gasteiger charge is 2.26. The molecular weight excluding hydrogens is 394 g/mol. The predicted molar refractivity (Wildman–Crippen MR) is 109 cm³/mol. The lowest BCUT2D eigenvalue weighted by Crippen LogP contribution is -2.35. The molecule has 1 aromatic heterocycles. The Labute approximate surface area is 163 Å². The molecule has 1 unspecified atom stereocenters. The highest BCUT2D eigenvalue weighted by molar-refractivity contribution is 9.10. The summed E-state index contributed by atoms with van der Waals surface area (Å²) in [5, 5.41) is 0. The second kappa shape index (κ2) is 8.22. The van der Waals surface area contributed by atoms with Crippen LogP contribution in [-0.4, -0.2) is 62.3 Å². The lowest BCUT2D eigenvalue weighted by molar-refractivity contribution is 0.325. The van der Waals surface area contributed by atoms with Crippen LogP contribution in [0.1, 0.15) is 12.0 Å². The van der Waals surface area contributed by atoms with Crippen LogP contribution >= 0.6 is 15.9 Å². The van der Waals surface area contributed by atoms with Crippen LogP contribution in [0.2, 0.25) is 0 Å². The smallest absolute Gasteiger partial charge is 0.226 e. The highest BCUT2D eigenvalue weighted by Crippen LogP contribution is 2.27. The first kappa shape index (κ1) is 18.9. The molecule has 26 heavy (non-hydrogen) atoms. The maximum Gasteiger partial charge on any atom is 0.226 e. The number of halogens is 1. The maximum atomic E-state index is 5.31. The first-order valence-corrected chi connectivity index (χ1v) is 9.55. The zero-order valence-corrected chi connectivity index (χ0v) is 17.4. The molecule has 0 N–H and O–H groups in total. The summed E-state index contributed by atoms with van der Waals surface area (Å²) >= 11 is 3.57. The van der Waals surface area contributed by atoms with Crippen molar-refractivity contribution >= 4 is 27.7 Å². The number of aromatic nitrogens is 2. The number of nitrogens with zero attached hydrogens (tertiary/aromatic N) is 5. The van der Waals surface area contributed by atoms with Gasteiger partial charge in [0.2, 0.25) is 5.95 Å². The Bertz CT molecular complexity index is 754. The van der Waals surface area contributed by atoms with Crippen LogP contribution in [0.4, 0.5) is 11.8 Å². The number of benzene rings is 1. The Hall–Kier alpha value is -1.86. The molecule has 2 heterocycles. The van der Waals surface area contributed by atoms with Crippen LogP contribution in [-0.2, 0) is 6.54 Å². The quantitative estimate of drug-likeness (QED) is 0.716. The van der Waals surface area contributed by atoms with Gasteiger partial charge >= 0.3 is 0 Å². The van der Waals surface area contributed by atoms with Gasteiger partial charge in [-0.15, -0.1) is 0 Å². The standard InChI is InChI=1S/C19H26BrN5O/c1-23(2)19-21-9-7-18(22-19)24(3)15-8-10-25(13-15)12-14-5-6-17(26-4)16(20)11-14/h5-7,9,11,15H,8,10,12-13H2,1-4H3. The third kappa shape index (κ3) is 4.27. The highest BCUT2D eigenvalue weighted by atomic mass is 79.9. The van der Waals surface area contributed by atoms with E-state index < -0.39 is 0 Å². The molecule has 140 valence electrons. The van der Waals surface area contributed by atoms with Crippen molar-refractivity contribution in [1.82, 2.24) is 14.9 Å². The number of likely N-dealkylation sites (tertiary alicyclic amines) is 1. The third-order valence-corrected chi connectivity index (χ3v) is 5.43. The molecule has 0 radical (unpaired) electrons. The summed E-state index contributed by atoms with van der Waals surface area (Å²) in [6, 6.07) is 8.73. The normalized spacial score (nSPS) is 17.3. The van der Waals surface area contributed by atoms with Gasteiger partial charge in [-0.3, -0.25) is 4.90 Å². The Morgan fingerprint density at radius 3 is 2.77 bits per heavy atom. The van der Waals surface area contributed by atoms with E-state index in [4.69, 9.17) is 4.74 Å². The molecule has 0 aliphatic carbocycles. The fraction of sp³-hybridized carbons (Fsp3) is 0.474. The van der Waals surface area contributed by atoms with E-state index in [-0.39, 0.29) is 0 Å². The van der Waals surface area contributed by atoms with E-state index >= 15 is 0 Å². The molecule has 7 heteroatoms. The molecule has 1 aromatic carbocycles. The molecule has 1 atom stereocenters. The van der Waals surface area contributed by atoms with Gasteiger partial charge in [0.15, 0.2) is 0 Å². The molecule has 1 saturated heterocycles. The third-order valence-electron chi connectivity index (χ3n) is 4.81. The number of ether oxygens (including phenoxy) is 1. The summed E-state index contributed by atoms with van der Waals surface area (Å²) in [6.45, 7) is 3.06. The van der Waals surface area contributed by atoms with Crippen molar-refractivity contribution < 1.29 is 4.74 Å². The van der Waals surface area contributed by atoms with Crippen molar-refractivity contribution in [2.45, 2.75) is 19.0 Å². The summed E-state index contributed by atoms with van der Waals surface area (Å²) in [7, 11) is 7.74. The average molecular weight is 420 g/mol. The van der Waals surface area contributed by atoms with Crippen molar-refractivity contribution in [3.8, 4) is 5.75 Å². The van der Waals surface area contributed by atoms with Gasteiger partial charge in [0.05, 0.1) is 11.6 Å². The number of likely N-dealkylation sites (N-methyl/N-ethyl adjacent to an activating group) is 1. The number of hydrogen-bond acceptors (Lipinski definition) is 6. The van der Waals surface area contributed by atoms with Crippen molar-refractivity contribution in [3.63, 3.8) is 0 Å². The number of hydrogen-bond donors (Lipinski definition) is 0. The number of rotatable bonds is 6. The number of methoxy groups -OCH3 is 1. The maximum absolute atomic E-state index is 5.31. The van der Waals surface area contributed by atoms with Crippen LogP contribution in [0, 0.1) is 0 Å². The summed E-state index contributed by atoms with van der Waals surface area (Å²) in [6.07, 6.45) is 2.96. The summed E-state index contributed by atoms with van der Waals surface area (Å²) < 4.78 is 6.31. The van der Waals surface area contributed by atoms with Crippen molar-refractivity contribution in [1.29, 1.82) is 0 Å². The molecule has 1 fully saturated rings. The zero-order valence-electron chi connectivity index (χ0n) is 15.8. The molecule has 0 amide bonds. The minimum atomic E-state index is 0.460. The van der Waals surface area contributed by atoms with Gasteiger partial charge in [-0.05, 0) is 46.1 Å². The van der Waals surface area contributed by atoms with E-state index in [0.717, 1.165) is 48.0 Å². The van der Waals surface area contributed by atoms with Crippen LogP contribution in [0.15, 0.2) is 34.9 Å². The van der Waals surface area contributed by atoms with Crippen LogP contribution in [0.5, 0.6) is 5.75 Å². The van der Waals surface area contributed by atoms with Gasteiger partial charge in [-0.25, -0.2) is 4.98 Å². The van der Waals surface area contributed by atoms with Gasteiger partial charge in [-0.1, -0.05) is 6.07 Å². The minimum Gasteiger partial charge on any atom is -0.496 e. The predicted octanol–water partition coefficient (Wildman–Crippen LogP) is 3.02. The topological polar surface area (TPSA) is 44.7 Å². The summed E-state index contributed by atoms with van der Waals surface area (Å²) in [5.74, 6) is 2.59. The molecule has 2 aromatic rings. The Kier molecular flexibility index (Phi) is 5.98. The molecule has 0 spiro atoms. The van der Waals surface area contributed by atoms with E-state index in [9.17, 15) is 0 Å². The summed E-state index contributed by atoms with van der Waals surface area (Å²) in [5.41, 5.74) is 1.29. The zero-order chi connectivity index (χ0) is 18.7. The molecule has 3 rings (SSSR count). The lowest BCUT2D eigenvalue weighted by atomic mass is 10.2. The Balaban J connectivity index is 1.63. The van der Waals surface area contributed by atoms with Crippen LogP contribution in [0.25, 0.3) is 0 Å². The molecule has 1 aliphatic rings. The summed E-state index contributed by atoms with van der Waals surface area (Å²) in [4.78, 5) is 15.7. The van der Waals surface area contributed by atoms with Gasteiger partial charge in [0.25, 0.3) is 0 Å². The van der Waals surface area contributed by atoms with Gasteiger partial charge in [-0.2, -0.15) is 4.98 Å². The van der Waals surface area contributed by atoms with E-state index in [0.29, 0.717) is 6.04 Å². The van der Waals surface area contributed by atoms with Crippen molar-refractivity contribution in [2.24, 2.45) is 0 Å². The monoisotopic (exact) mass is 419 g/mol. The average Bonchev–Trinajstić information content (AvgIpc) is 3.10. The van der Waals surface area contributed by atoms with Crippen molar-refractivity contribution in [2.75, 3.05) is 51.1 Å². The largest absolute Gasteiger partial charge is 0.496 e. The Morgan fingerprint density at radius 1 is 1.27 bits per heavy atom. The first-order chi connectivity index (χ1) is 12.5. The second-order valence-corrected chi connectivity index (χ2v) is 7.72. The van der Waals surface area contributed by atoms with Crippen LogP contribution < -0.4 is 14.5 Å². The SMILES string of the molecule is COc1ccc(CN2CCC(N(C)c3ccnc(N(C)C)n3)C2)cc1Br. The van der Waals surface area contributed by atoms with E-state index in [2.05, 4.69) is 54.9 Å². The molecular formula is C19H26BrN5O. The fourth-order valence-corrected chi connectivity index (χ4v) is 3.86. The van der Waals surface area contributed by atoms with E-state index in [1.54, 1.807) is 7.11 Å². The molecule has 6 nitrogen and oxygen atoms in total. The minimum absolute atomic E-state index is 0.460. The van der Waals surface area contributed by atoms with Crippen LogP contribution in [0.3, 0.4) is 0 Å². The van der Waals surface area contributed by atoms with Gasteiger partial charge in [0.1, 0.15) is 11.6 Å². The van der Waals surface area contributed by atoms with Gasteiger partial charge < -0.3 is 14.5 Å².